The zero-order valence-electron chi connectivity index (χ0n) is 9.90. The fourth-order valence-corrected chi connectivity index (χ4v) is 1.96. The van der Waals surface area contributed by atoms with Crippen LogP contribution in [0.15, 0.2) is 18.2 Å². The highest BCUT2D eigenvalue weighted by Gasteiger charge is 2.18. The molecule has 4 heteroatoms. The molecule has 1 unspecified atom stereocenters. The van der Waals surface area contributed by atoms with Crippen molar-refractivity contribution in [1.29, 1.82) is 0 Å². The summed E-state index contributed by atoms with van der Waals surface area (Å²) in [4.78, 5) is 2.05. The first-order valence-electron chi connectivity index (χ1n) is 5.21. The molecule has 0 aromatic heterocycles. The molecule has 0 saturated heterocycles. The summed E-state index contributed by atoms with van der Waals surface area (Å²) < 4.78 is 5.31. The molecule has 0 radical (unpaired) electrons. The molecular formula is C12H18ClNO2. The zero-order valence-corrected chi connectivity index (χ0v) is 10.7. The molecule has 0 aliphatic heterocycles. The van der Waals surface area contributed by atoms with E-state index in [1.54, 1.807) is 13.2 Å². The molecule has 16 heavy (non-hydrogen) atoms. The van der Waals surface area contributed by atoms with Gasteiger partial charge in [0.05, 0.1) is 7.11 Å². The van der Waals surface area contributed by atoms with E-state index >= 15 is 0 Å². The van der Waals surface area contributed by atoms with Gasteiger partial charge in [-0.1, -0.05) is 11.6 Å². The Bertz CT molecular complexity index is 342. The lowest BCUT2D eigenvalue weighted by molar-refractivity contribution is 0.207. The van der Waals surface area contributed by atoms with E-state index in [4.69, 9.17) is 21.4 Å². The van der Waals surface area contributed by atoms with Crippen LogP contribution in [0.25, 0.3) is 0 Å². The summed E-state index contributed by atoms with van der Waals surface area (Å²) in [6.07, 6.45) is 0.656. The van der Waals surface area contributed by atoms with Crippen molar-refractivity contribution >= 4 is 11.6 Å². The number of aliphatic hydroxyl groups excluding tert-OH is 1. The smallest absolute Gasteiger partial charge is 0.123 e. The monoisotopic (exact) mass is 243 g/mol. The maximum absolute atomic E-state index is 9.08. The van der Waals surface area contributed by atoms with Crippen LogP contribution in [-0.2, 0) is 0 Å². The van der Waals surface area contributed by atoms with Gasteiger partial charge in [-0.15, -0.1) is 0 Å². The van der Waals surface area contributed by atoms with Gasteiger partial charge >= 0.3 is 0 Å². The van der Waals surface area contributed by atoms with Gasteiger partial charge in [0.25, 0.3) is 0 Å². The van der Waals surface area contributed by atoms with Gasteiger partial charge < -0.3 is 14.7 Å². The minimum absolute atomic E-state index is 0.110. The summed E-state index contributed by atoms with van der Waals surface area (Å²) in [6, 6.07) is 5.65. The average Bonchev–Trinajstić information content (AvgIpc) is 2.25. The number of hydrogen-bond acceptors (Lipinski definition) is 3. The van der Waals surface area contributed by atoms with Crippen LogP contribution in [0.5, 0.6) is 5.75 Å². The first-order chi connectivity index (χ1) is 7.60. The quantitative estimate of drug-likeness (QED) is 0.862. The number of hydrogen-bond donors (Lipinski definition) is 1. The predicted octanol–water partition coefficient (Wildman–Crippen LogP) is 2.33. The van der Waals surface area contributed by atoms with Crippen molar-refractivity contribution in [2.24, 2.45) is 0 Å². The van der Waals surface area contributed by atoms with Gasteiger partial charge in [-0.05, 0) is 38.7 Å². The second-order valence-electron chi connectivity index (χ2n) is 3.88. The molecule has 0 spiro atoms. The molecule has 0 heterocycles. The van der Waals surface area contributed by atoms with E-state index in [0.717, 1.165) is 11.3 Å². The third-order valence-electron chi connectivity index (χ3n) is 2.58. The van der Waals surface area contributed by atoms with E-state index in [0.29, 0.717) is 11.4 Å². The lowest BCUT2D eigenvalue weighted by Gasteiger charge is -2.25. The van der Waals surface area contributed by atoms with Crippen molar-refractivity contribution in [3.8, 4) is 5.75 Å². The summed E-state index contributed by atoms with van der Waals surface area (Å²) in [5.41, 5.74) is 1.01. The van der Waals surface area contributed by atoms with E-state index in [1.165, 1.54) is 0 Å². The predicted molar refractivity (Wildman–Crippen MR) is 66.1 cm³/mol. The molecule has 1 rings (SSSR count). The summed E-state index contributed by atoms with van der Waals surface area (Å²) in [7, 11) is 5.58. The second kappa shape index (κ2) is 6.09. The van der Waals surface area contributed by atoms with Crippen LogP contribution in [0.2, 0.25) is 5.02 Å². The Kier molecular flexibility index (Phi) is 5.06. The molecule has 0 aliphatic rings. The van der Waals surface area contributed by atoms with E-state index in [1.807, 2.05) is 31.1 Å². The van der Waals surface area contributed by atoms with Crippen molar-refractivity contribution in [1.82, 2.24) is 4.90 Å². The van der Waals surface area contributed by atoms with Gasteiger partial charge in [0.15, 0.2) is 0 Å². The Morgan fingerprint density at radius 3 is 2.62 bits per heavy atom. The third kappa shape index (κ3) is 3.11. The summed E-state index contributed by atoms with van der Waals surface area (Å²) >= 11 is 5.99. The van der Waals surface area contributed by atoms with Crippen LogP contribution in [0.1, 0.15) is 18.0 Å². The minimum Gasteiger partial charge on any atom is -0.496 e. The number of nitrogens with zero attached hydrogens (tertiary/aromatic N) is 1. The van der Waals surface area contributed by atoms with Crippen molar-refractivity contribution in [3.05, 3.63) is 28.8 Å². The maximum atomic E-state index is 9.08. The Morgan fingerprint density at radius 2 is 2.12 bits per heavy atom. The lowest BCUT2D eigenvalue weighted by atomic mass is 10.0. The normalized spacial score (nSPS) is 12.9. The second-order valence-corrected chi connectivity index (χ2v) is 4.31. The summed E-state index contributed by atoms with van der Waals surface area (Å²) in [6.45, 7) is 0.137. The third-order valence-corrected chi connectivity index (χ3v) is 2.81. The molecule has 0 bridgehead atoms. The molecule has 0 saturated carbocycles. The maximum Gasteiger partial charge on any atom is 0.123 e. The van der Waals surface area contributed by atoms with Crippen molar-refractivity contribution in [3.63, 3.8) is 0 Å². The minimum atomic E-state index is 0.110. The van der Waals surface area contributed by atoms with Crippen LogP contribution in [-0.4, -0.2) is 37.8 Å². The first-order valence-corrected chi connectivity index (χ1v) is 5.58. The standard InChI is InChI=1S/C12H18ClNO2/c1-14(2)11(6-7-15)10-8-9(13)4-5-12(10)16-3/h4-5,8,11,15H,6-7H2,1-3H3. The molecule has 0 amide bonds. The van der Waals surface area contributed by atoms with Gasteiger partial charge in [-0.25, -0.2) is 0 Å². The molecule has 3 nitrogen and oxygen atoms in total. The number of halogens is 1. The van der Waals surface area contributed by atoms with Gasteiger partial charge in [-0.3, -0.25) is 0 Å². The first kappa shape index (κ1) is 13.3. The number of benzene rings is 1. The highest BCUT2D eigenvalue weighted by molar-refractivity contribution is 6.30. The van der Waals surface area contributed by atoms with E-state index in [9.17, 15) is 0 Å². The van der Waals surface area contributed by atoms with E-state index in [2.05, 4.69) is 0 Å². The highest BCUT2D eigenvalue weighted by Crippen LogP contribution is 2.32. The molecule has 1 atom stereocenters. The lowest BCUT2D eigenvalue weighted by Crippen LogP contribution is -2.21. The van der Waals surface area contributed by atoms with Crippen LogP contribution in [0.4, 0.5) is 0 Å². The number of aliphatic hydroxyl groups is 1. The fraction of sp³-hybridized carbons (Fsp3) is 0.500. The highest BCUT2D eigenvalue weighted by atomic mass is 35.5. The van der Waals surface area contributed by atoms with Crippen LogP contribution >= 0.6 is 11.6 Å². The average molecular weight is 244 g/mol. The molecule has 1 N–H and O–H groups in total. The molecule has 0 aliphatic carbocycles. The molecule has 1 aromatic carbocycles. The molecule has 0 fully saturated rings. The molecule has 1 aromatic rings. The van der Waals surface area contributed by atoms with Crippen molar-refractivity contribution in [2.45, 2.75) is 12.5 Å². The van der Waals surface area contributed by atoms with Gasteiger partial charge in [-0.2, -0.15) is 0 Å². The Morgan fingerprint density at radius 1 is 1.44 bits per heavy atom. The van der Waals surface area contributed by atoms with Crippen molar-refractivity contribution < 1.29 is 9.84 Å². The number of methoxy groups -OCH3 is 1. The van der Waals surface area contributed by atoms with Crippen LogP contribution < -0.4 is 4.74 Å². The zero-order chi connectivity index (χ0) is 12.1. The van der Waals surface area contributed by atoms with Crippen LogP contribution in [0.3, 0.4) is 0 Å². The largest absolute Gasteiger partial charge is 0.496 e. The Balaban J connectivity index is 3.10. The number of ether oxygens (including phenoxy) is 1. The van der Waals surface area contributed by atoms with Gasteiger partial charge in [0.1, 0.15) is 5.75 Å². The SMILES string of the molecule is COc1ccc(Cl)cc1C(CCO)N(C)C. The van der Waals surface area contributed by atoms with Gasteiger partial charge in [0, 0.05) is 23.2 Å². The summed E-state index contributed by atoms with van der Waals surface area (Å²) in [5, 5.41) is 9.76. The fourth-order valence-electron chi connectivity index (χ4n) is 1.78. The Labute approximate surface area is 102 Å². The van der Waals surface area contributed by atoms with E-state index in [-0.39, 0.29) is 12.6 Å². The molecular weight excluding hydrogens is 226 g/mol. The molecule has 90 valence electrons. The number of rotatable bonds is 5. The van der Waals surface area contributed by atoms with Crippen molar-refractivity contribution in [2.75, 3.05) is 27.8 Å². The van der Waals surface area contributed by atoms with E-state index < -0.39 is 0 Å². The topological polar surface area (TPSA) is 32.7 Å². The van der Waals surface area contributed by atoms with Gasteiger partial charge in [0.2, 0.25) is 0 Å². The van der Waals surface area contributed by atoms with Crippen LogP contribution in [0, 0.1) is 0 Å². The Hall–Kier alpha value is -0.770. The summed E-state index contributed by atoms with van der Waals surface area (Å²) in [5.74, 6) is 0.802.